The summed E-state index contributed by atoms with van der Waals surface area (Å²) in [6, 6.07) is 5.46. The fraction of sp³-hybridized carbons (Fsp3) is 0.478. The fourth-order valence-corrected chi connectivity index (χ4v) is 4.72. The van der Waals surface area contributed by atoms with E-state index in [2.05, 4.69) is 27.1 Å². The maximum absolute atomic E-state index is 13.6. The van der Waals surface area contributed by atoms with Gasteiger partial charge in [0.25, 0.3) is 5.91 Å². The Morgan fingerprint density at radius 3 is 2.81 bits per heavy atom. The predicted molar refractivity (Wildman–Crippen MR) is 117 cm³/mol. The number of hydrogen-bond acceptors (Lipinski definition) is 7. The first kappa shape index (κ1) is 19.5. The number of aromatic amines is 1. The molecular formula is C23H26N6O3. The van der Waals surface area contributed by atoms with Gasteiger partial charge in [0, 0.05) is 23.7 Å². The predicted octanol–water partition coefficient (Wildman–Crippen LogP) is 3.12. The number of likely N-dealkylation sites (tertiary alicyclic amines) is 1. The van der Waals surface area contributed by atoms with Gasteiger partial charge in [-0.3, -0.25) is 4.79 Å². The number of pyridine rings is 1. The second kappa shape index (κ2) is 7.44. The van der Waals surface area contributed by atoms with Crippen LogP contribution < -0.4 is 10.5 Å². The first-order chi connectivity index (χ1) is 15.6. The average Bonchev–Trinajstić information content (AvgIpc) is 3.29. The molecular weight excluding hydrogens is 408 g/mol. The molecule has 1 amide bonds. The third-order valence-corrected chi connectivity index (χ3v) is 6.63. The van der Waals surface area contributed by atoms with Crippen LogP contribution in [0.1, 0.15) is 66.0 Å². The molecule has 0 unspecified atom stereocenters. The van der Waals surface area contributed by atoms with E-state index in [4.69, 9.17) is 15.2 Å². The van der Waals surface area contributed by atoms with Gasteiger partial charge in [-0.1, -0.05) is 6.92 Å². The summed E-state index contributed by atoms with van der Waals surface area (Å²) in [5, 5.41) is 8.66. The van der Waals surface area contributed by atoms with Crippen molar-refractivity contribution >= 4 is 22.8 Å². The Balaban J connectivity index is 1.31. The highest BCUT2D eigenvalue weighted by Crippen LogP contribution is 2.36. The van der Waals surface area contributed by atoms with Crippen LogP contribution in [0.4, 0.5) is 5.82 Å². The standard InChI is InChI=1S/C23H26N6O3/c1-12-2-6-19(16-5-7-20(28-27-16)32-13-3-4-13)29(9-12)23(30)18-8-17-21(25-18)14-10-31-11-15(14)22(24)26-17/h5,7-8,12-13,19,25H,2-4,6,9-11H2,1H3,(H2,24,26)/t12-,19+/m0/s1. The van der Waals surface area contributed by atoms with Crippen molar-refractivity contribution < 1.29 is 14.3 Å². The number of piperidine rings is 1. The van der Waals surface area contributed by atoms with Gasteiger partial charge in [-0.25, -0.2) is 4.98 Å². The lowest BCUT2D eigenvalue weighted by atomic mass is 9.92. The van der Waals surface area contributed by atoms with E-state index in [-0.39, 0.29) is 18.1 Å². The summed E-state index contributed by atoms with van der Waals surface area (Å²) >= 11 is 0. The van der Waals surface area contributed by atoms with Crippen LogP contribution in [0.2, 0.25) is 0 Å². The monoisotopic (exact) mass is 434 g/mol. The number of nitrogens with two attached hydrogens (primary N) is 1. The van der Waals surface area contributed by atoms with Gasteiger partial charge in [0.1, 0.15) is 17.6 Å². The van der Waals surface area contributed by atoms with Gasteiger partial charge in [0.2, 0.25) is 5.88 Å². The maximum atomic E-state index is 13.6. The molecule has 9 nitrogen and oxygen atoms in total. The SMILES string of the molecule is C[C@H]1CC[C@H](c2ccc(OC3CC3)nn2)N(C(=O)c2cc3nc(N)c4c(c3[nH]2)COC4)C1. The topological polar surface area (TPSA) is 119 Å². The number of ether oxygens (including phenoxy) is 2. The van der Waals surface area contributed by atoms with Crippen LogP contribution in [0.5, 0.6) is 5.88 Å². The minimum Gasteiger partial charge on any atom is -0.473 e. The Labute approximate surface area is 185 Å². The number of aromatic nitrogens is 4. The molecule has 166 valence electrons. The maximum Gasteiger partial charge on any atom is 0.270 e. The molecule has 2 atom stereocenters. The van der Waals surface area contributed by atoms with Crippen molar-refractivity contribution in [2.75, 3.05) is 12.3 Å². The van der Waals surface area contributed by atoms with E-state index in [1.165, 1.54) is 0 Å². The summed E-state index contributed by atoms with van der Waals surface area (Å²) in [5.74, 6) is 1.37. The van der Waals surface area contributed by atoms with Crippen molar-refractivity contribution in [2.45, 2.75) is 58.0 Å². The Morgan fingerprint density at radius 2 is 2.03 bits per heavy atom. The molecule has 0 radical (unpaired) electrons. The summed E-state index contributed by atoms with van der Waals surface area (Å²) < 4.78 is 11.3. The molecule has 0 bridgehead atoms. The van der Waals surface area contributed by atoms with E-state index in [0.29, 0.717) is 48.6 Å². The normalized spacial score (nSPS) is 22.8. The zero-order valence-electron chi connectivity index (χ0n) is 18.0. The van der Waals surface area contributed by atoms with Gasteiger partial charge in [-0.05, 0) is 43.7 Å². The van der Waals surface area contributed by atoms with Crippen LogP contribution >= 0.6 is 0 Å². The van der Waals surface area contributed by atoms with Crippen LogP contribution in [0, 0.1) is 5.92 Å². The number of amides is 1. The van der Waals surface area contributed by atoms with E-state index >= 15 is 0 Å². The number of nitrogen functional groups attached to an aromatic ring is 1. The van der Waals surface area contributed by atoms with Gasteiger partial charge in [-0.2, -0.15) is 0 Å². The van der Waals surface area contributed by atoms with Crippen molar-refractivity contribution in [3.63, 3.8) is 0 Å². The van der Waals surface area contributed by atoms with Crippen LogP contribution in [0.15, 0.2) is 18.2 Å². The quantitative estimate of drug-likeness (QED) is 0.647. The molecule has 3 aliphatic rings. The van der Waals surface area contributed by atoms with E-state index in [0.717, 1.165) is 48.0 Å². The zero-order valence-corrected chi connectivity index (χ0v) is 18.0. The third kappa shape index (κ3) is 3.37. The number of hydrogen-bond donors (Lipinski definition) is 2. The number of carbonyl (C=O) groups is 1. The van der Waals surface area contributed by atoms with Crippen molar-refractivity contribution in [3.8, 4) is 5.88 Å². The van der Waals surface area contributed by atoms with Crippen LogP contribution in [0.3, 0.4) is 0 Å². The van der Waals surface area contributed by atoms with Crippen LogP contribution in [-0.2, 0) is 18.0 Å². The molecule has 32 heavy (non-hydrogen) atoms. The van der Waals surface area contributed by atoms with Crippen molar-refractivity contribution in [1.29, 1.82) is 0 Å². The lowest BCUT2D eigenvalue weighted by Crippen LogP contribution is -2.42. The second-order valence-electron chi connectivity index (χ2n) is 9.16. The average molecular weight is 435 g/mol. The highest BCUT2D eigenvalue weighted by molar-refractivity contribution is 5.98. The number of nitrogens with zero attached hydrogens (tertiary/aromatic N) is 4. The second-order valence-corrected chi connectivity index (χ2v) is 9.16. The van der Waals surface area contributed by atoms with E-state index in [1.54, 1.807) is 6.07 Å². The summed E-state index contributed by atoms with van der Waals surface area (Å²) in [6.45, 7) is 3.77. The molecule has 5 heterocycles. The van der Waals surface area contributed by atoms with Gasteiger partial charge in [0.05, 0.1) is 36.0 Å². The highest BCUT2D eigenvalue weighted by atomic mass is 16.5. The van der Waals surface area contributed by atoms with Gasteiger partial charge >= 0.3 is 0 Å². The van der Waals surface area contributed by atoms with Crippen LogP contribution in [-0.4, -0.2) is 43.6 Å². The Bertz CT molecular complexity index is 1190. The summed E-state index contributed by atoms with van der Waals surface area (Å²) in [6.07, 6.45) is 4.31. The van der Waals surface area contributed by atoms with Crippen molar-refractivity contribution in [2.24, 2.45) is 5.92 Å². The minimum atomic E-state index is -0.125. The number of fused-ring (bicyclic) bond motifs is 3. The Kier molecular flexibility index (Phi) is 4.53. The van der Waals surface area contributed by atoms with E-state index < -0.39 is 0 Å². The molecule has 1 aliphatic carbocycles. The van der Waals surface area contributed by atoms with Crippen molar-refractivity contribution in [3.05, 3.63) is 40.7 Å². The lowest BCUT2D eigenvalue weighted by Gasteiger charge is -2.38. The lowest BCUT2D eigenvalue weighted by molar-refractivity contribution is 0.0531. The number of anilines is 1. The first-order valence-corrected chi connectivity index (χ1v) is 11.3. The molecule has 3 N–H and O–H groups in total. The van der Waals surface area contributed by atoms with Crippen molar-refractivity contribution in [1.82, 2.24) is 25.1 Å². The summed E-state index contributed by atoms with van der Waals surface area (Å²) in [7, 11) is 0. The van der Waals surface area contributed by atoms with Gasteiger partial charge < -0.3 is 25.1 Å². The smallest absolute Gasteiger partial charge is 0.270 e. The van der Waals surface area contributed by atoms with Gasteiger partial charge in [0.15, 0.2) is 0 Å². The molecule has 0 spiro atoms. The zero-order chi connectivity index (χ0) is 21.8. The molecule has 3 aromatic heterocycles. The molecule has 0 aromatic carbocycles. The van der Waals surface area contributed by atoms with Gasteiger partial charge in [-0.15, -0.1) is 10.2 Å². The Hall–Kier alpha value is -3.20. The molecule has 2 fully saturated rings. The number of carbonyl (C=O) groups excluding carboxylic acids is 1. The fourth-order valence-electron chi connectivity index (χ4n) is 4.72. The molecule has 9 heteroatoms. The number of H-pyrrole nitrogens is 1. The molecule has 1 saturated carbocycles. The first-order valence-electron chi connectivity index (χ1n) is 11.3. The molecule has 6 rings (SSSR count). The minimum absolute atomic E-state index is 0.0640. The Morgan fingerprint density at radius 1 is 1.19 bits per heavy atom. The van der Waals surface area contributed by atoms with E-state index in [9.17, 15) is 4.79 Å². The van der Waals surface area contributed by atoms with Crippen LogP contribution in [0.25, 0.3) is 11.0 Å². The largest absolute Gasteiger partial charge is 0.473 e. The number of nitrogens with one attached hydrogen (secondary N) is 1. The van der Waals surface area contributed by atoms with E-state index in [1.807, 2.05) is 17.0 Å². The third-order valence-electron chi connectivity index (χ3n) is 6.63. The number of rotatable bonds is 4. The molecule has 3 aromatic rings. The molecule has 1 saturated heterocycles. The summed E-state index contributed by atoms with van der Waals surface area (Å²) in [5.41, 5.74) is 10.8. The highest BCUT2D eigenvalue weighted by Gasteiger charge is 2.34. The summed E-state index contributed by atoms with van der Waals surface area (Å²) in [4.78, 5) is 23.3. The molecule has 2 aliphatic heterocycles.